The summed E-state index contributed by atoms with van der Waals surface area (Å²) in [5.41, 5.74) is 0.564. The summed E-state index contributed by atoms with van der Waals surface area (Å²) >= 11 is 0. The number of H-pyrrole nitrogens is 1. The van der Waals surface area contributed by atoms with Gasteiger partial charge in [0.15, 0.2) is 0 Å². The van der Waals surface area contributed by atoms with E-state index < -0.39 is 8.07 Å². The van der Waals surface area contributed by atoms with E-state index in [9.17, 15) is 9.59 Å². The molecule has 0 bridgehead atoms. The number of fused-ring (bicyclic) bond motifs is 3. The van der Waals surface area contributed by atoms with Crippen LogP contribution in [0, 0.1) is 11.3 Å². The predicted octanol–water partition coefficient (Wildman–Crippen LogP) is 2.51. The van der Waals surface area contributed by atoms with Crippen molar-refractivity contribution in [1.29, 1.82) is 5.26 Å². The van der Waals surface area contributed by atoms with Gasteiger partial charge in [0.2, 0.25) is 0 Å². The van der Waals surface area contributed by atoms with Gasteiger partial charge in [-0.25, -0.2) is 14.3 Å². The number of ether oxygens (including phenoxy) is 1. The highest BCUT2D eigenvalue weighted by atomic mass is 28.3. The molecule has 4 heterocycles. The molecule has 1 fully saturated rings. The summed E-state index contributed by atoms with van der Waals surface area (Å²) in [6, 6.07) is 4.96. The van der Waals surface area contributed by atoms with E-state index in [1.165, 1.54) is 4.57 Å². The monoisotopic (exact) mass is 454 g/mol. The van der Waals surface area contributed by atoms with Crippen LogP contribution < -0.4 is 11.2 Å². The SMILES string of the molecule is C[Si](C)(C)CCOCn1c(=O)c2cnc3[nH]ccc3c2n(C2CCN(CC#N)CC2)c1=O. The molecule has 10 heteroatoms. The molecule has 3 aromatic heterocycles. The van der Waals surface area contributed by atoms with Crippen LogP contribution in [0.2, 0.25) is 25.7 Å². The molecule has 0 saturated carbocycles. The number of aromatic amines is 1. The lowest BCUT2D eigenvalue weighted by Gasteiger charge is -2.32. The number of likely N-dealkylation sites (tertiary alicyclic amines) is 1. The molecular formula is C22H30N6O3Si. The average molecular weight is 455 g/mol. The van der Waals surface area contributed by atoms with Crippen molar-refractivity contribution in [3.63, 3.8) is 0 Å². The van der Waals surface area contributed by atoms with E-state index in [-0.39, 0.29) is 24.0 Å². The number of hydrogen-bond donors (Lipinski definition) is 1. The molecule has 1 N–H and O–H groups in total. The topological polar surface area (TPSA) is 109 Å². The second kappa shape index (κ2) is 9.01. The van der Waals surface area contributed by atoms with Crippen LogP contribution in [0.1, 0.15) is 18.9 Å². The Bertz CT molecular complexity index is 1270. The van der Waals surface area contributed by atoms with Crippen LogP contribution in [-0.2, 0) is 11.5 Å². The smallest absolute Gasteiger partial charge is 0.333 e. The maximum absolute atomic E-state index is 13.6. The van der Waals surface area contributed by atoms with Gasteiger partial charge in [0.1, 0.15) is 12.4 Å². The van der Waals surface area contributed by atoms with Crippen LogP contribution in [0.25, 0.3) is 21.9 Å². The first kappa shape index (κ1) is 22.5. The minimum absolute atomic E-state index is 0.0590. The van der Waals surface area contributed by atoms with Crippen molar-refractivity contribution in [3.8, 4) is 6.07 Å². The Kier molecular flexibility index (Phi) is 6.32. The number of nitriles is 1. The molecule has 1 aliphatic rings. The van der Waals surface area contributed by atoms with Crippen LogP contribution in [0.3, 0.4) is 0 Å². The molecule has 0 atom stereocenters. The van der Waals surface area contributed by atoms with E-state index in [4.69, 9.17) is 10.00 Å². The lowest BCUT2D eigenvalue weighted by atomic mass is 10.0. The Morgan fingerprint density at radius 1 is 1.25 bits per heavy atom. The lowest BCUT2D eigenvalue weighted by Crippen LogP contribution is -2.44. The van der Waals surface area contributed by atoms with Gasteiger partial charge in [0.25, 0.3) is 5.56 Å². The molecule has 170 valence electrons. The van der Waals surface area contributed by atoms with Crippen molar-refractivity contribution in [2.45, 2.75) is 51.3 Å². The molecule has 0 unspecified atom stereocenters. The van der Waals surface area contributed by atoms with Crippen molar-refractivity contribution in [2.24, 2.45) is 0 Å². The maximum Gasteiger partial charge on any atom is 0.333 e. The molecule has 32 heavy (non-hydrogen) atoms. The third-order valence-corrected chi connectivity index (χ3v) is 7.85. The minimum atomic E-state index is -1.28. The zero-order chi connectivity index (χ0) is 22.9. The number of rotatable bonds is 7. The summed E-state index contributed by atoms with van der Waals surface area (Å²) in [7, 11) is -1.28. The first-order chi connectivity index (χ1) is 15.3. The van der Waals surface area contributed by atoms with Crippen molar-refractivity contribution in [3.05, 3.63) is 39.3 Å². The normalized spacial score (nSPS) is 16.1. The van der Waals surface area contributed by atoms with E-state index >= 15 is 0 Å². The molecule has 1 aliphatic heterocycles. The van der Waals surface area contributed by atoms with Crippen LogP contribution >= 0.6 is 0 Å². The Morgan fingerprint density at radius 3 is 2.69 bits per heavy atom. The summed E-state index contributed by atoms with van der Waals surface area (Å²) in [5.74, 6) is 0. The summed E-state index contributed by atoms with van der Waals surface area (Å²) in [6.07, 6.45) is 4.79. The highest BCUT2D eigenvalue weighted by Gasteiger charge is 2.26. The van der Waals surface area contributed by atoms with Crippen molar-refractivity contribution >= 4 is 30.0 Å². The number of piperidine rings is 1. The molecule has 0 amide bonds. The molecule has 3 aromatic rings. The van der Waals surface area contributed by atoms with Crippen molar-refractivity contribution < 1.29 is 4.74 Å². The molecule has 0 radical (unpaired) electrons. The number of nitrogens with zero attached hydrogens (tertiary/aromatic N) is 5. The van der Waals surface area contributed by atoms with Gasteiger partial charge in [0.05, 0.1) is 23.5 Å². The summed E-state index contributed by atoms with van der Waals surface area (Å²) < 4.78 is 8.75. The minimum Gasteiger partial charge on any atom is -0.361 e. The first-order valence-electron chi connectivity index (χ1n) is 11.1. The fraction of sp³-hybridized carbons (Fsp3) is 0.545. The fourth-order valence-corrected chi connectivity index (χ4v) is 5.05. The zero-order valence-electron chi connectivity index (χ0n) is 18.9. The Labute approximate surface area is 187 Å². The molecule has 1 saturated heterocycles. The number of nitrogens with one attached hydrogen (secondary N) is 1. The predicted molar refractivity (Wildman–Crippen MR) is 127 cm³/mol. The largest absolute Gasteiger partial charge is 0.361 e. The van der Waals surface area contributed by atoms with E-state index in [0.717, 1.165) is 37.4 Å². The summed E-state index contributed by atoms with van der Waals surface area (Å²) in [4.78, 5) is 36.4. The third-order valence-electron chi connectivity index (χ3n) is 6.14. The molecule has 0 aliphatic carbocycles. The van der Waals surface area contributed by atoms with Gasteiger partial charge < -0.3 is 9.72 Å². The van der Waals surface area contributed by atoms with E-state index in [1.54, 1.807) is 17.0 Å². The Morgan fingerprint density at radius 2 is 2.00 bits per heavy atom. The van der Waals surface area contributed by atoms with Gasteiger partial charge in [-0.05, 0) is 25.0 Å². The van der Waals surface area contributed by atoms with Gasteiger partial charge in [-0.1, -0.05) is 19.6 Å². The summed E-state index contributed by atoms with van der Waals surface area (Å²) in [6.45, 7) is 9.11. The molecule has 0 spiro atoms. The molecular weight excluding hydrogens is 424 g/mol. The van der Waals surface area contributed by atoms with Crippen LogP contribution in [0.5, 0.6) is 0 Å². The molecule has 0 aromatic carbocycles. The number of pyridine rings is 1. The standard InChI is InChI=1S/C22H30N6O3Si/c1-32(2,3)13-12-31-15-27-21(29)18-14-25-20-17(4-8-24-20)19(18)28(22(27)30)16-5-9-26(10-6-16)11-7-23/h4,8,14,16H,5-6,9-13,15H2,1-3H3,(H,24,25). The van der Waals surface area contributed by atoms with Crippen molar-refractivity contribution in [1.82, 2.24) is 24.0 Å². The van der Waals surface area contributed by atoms with E-state index in [0.29, 0.717) is 29.7 Å². The zero-order valence-corrected chi connectivity index (χ0v) is 19.9. The second-order valence-electron chi connectivity index (χ2n) is 9.66. The number of hydrogen-bond acceptors (Lipinski definition) is 6. The van der Waals surface area contributed by atoms with E-state index in [1.807, 2.05) is 6.07 Å². The van der Waals surface area contributed by atoms with Gasteiger partial charge >= 0.3 is 5.69 Å². The highest BCUT2D eigenvalue weighted by Crippen LogP contribution is 2.27. The second-order valence-corrected chi connectivity index (χ2v) is 15.3. The van der Waals surface area contributed by atoms with Gasteiger partial charge in [-0.3, -0.25) is 14.3 Å². The Balaban J connectivity index is 1.77. The maximum atomic E-state index is 13.6. The number of aromatic nitrogens is 4. The summed E-state index contributed by atoms with van der Waals surface area (Å²) in [5, 5.41) is 10.2. The highest BCUT2D eigenvalue weighted by molar-refractivity contribution is 6.76. The van der Waals surface area contributed by atoms with Crippen LogP contribution in [-0.4, -0.2) is 58.3 Å². The molecule has 4 rings (SSSR count). The van der Waals surface area contributed by atoms with Crippen LogP contribution in [0.15, 0.2) is 28.0 Å². The van der Waals surface area contributed by atoms with Crippen LogP contribution in [0.4, 0.5) is 0 Å². The van der Waals surface area contributed by atoms with E-state index in [2.05, 4.69) is 40.6 Å². The average Bonchev–Trinajstić information content (AvgIpc) is 3.23. The van der Waals surface area contributed by atoms with Gasteiger partial charge in [-0.2, -0.15) is 5.26 Å². The lowest BCUT2D eigenvalue weighted by molar-refractivity contribution is 0.0799. The first-order valence-corrected chi connectivity index (χ1v) is 14.8. The van der Waals surface area contributed by atoms with Crippen molar-refractivity contribution in [2.75, 3.05) is 26.2 Å². The quantitative estimate of drug-likeness (QED) is 0.334. The molecule has 9 nitrogen and oxygen atoms in total. The fourth-order valence-electron chi connectivity index (χ4n) is 4.29. The third kappa shape index (κ3) is 4.41. The Hall–Kier alpha value is -2.74. The van der Waals surface area contributed by atoms with Gasteiger partial charge in [-0.15, -0.1) is 0 Å². The van der Waals surface area contributed by atoms with Gasteiger partial charge in [0, 0.05) is 51.6 Å².